The van der Waals surface area contributed by atoms with E-state index in [4.69, 9.17) is 9.20 Å². The quantitative estimate of drug-likeness (QED) is 0.260. The fraction of sp³-hybridized carbons (Fsp3) is 0.207. The number of hydrogen-bond donors (Lipinski definition) is 2. The predicted molar refractivity (Wildman–Crippen MR) is 148 cm³/mol. The van der Waals surface area contributed by atoms with Crippen molar-refractivity contribution in [3.8, 4) is 22.7 Å². The number of aromatic nitrogens is 3. The lowest BCUT2D eigenvalue weighted by atomic mass is 10.1. The van der Waals surface area contributed by atoms with Crippen molar-refractivity contribution in [2.45, 2.75) is 43.5 Å². The molecule has 8 nitrogen and oxygen atoms in total. The first-order chi connectivity index (χ1) is 18.5. The second-order valence-electron chi connectivity index (χ2n) is 10.2. The number of nitrogens with zero attached hydrogens (tertiary/aromatic N) is 3. The fourth-order valence-corrected chi connectivity index (χ4v) is 5.45. The van der Waals surface area contributed by atoms with Gasteiger partial charge in [-0.1, -0.05) is 18.2 Å². The first-order valence-corrected chi connectivity index (χ1v) is 13.9. The molecule has 5 aromatic rings. The Bertz CT molecular complexity index is 1740. The summed E-state index contributed by atoms with van der Waals surface area (Å²) in [7, 11) is -2.93. The molecule has 0 fully saturated rings. The standard InChI is InChI=1S/C29H28FN5O3S/c1-29(2,3)39(31,37)24-9-5-19(6-10-24)20-4-8-23(33-16-20)17-34-27(36)18-35-25-11-7-22(30)14-21(25)15-26(35)28-32-12-13-38-28/h4-16,31H,17-18H2,1-3H3,(H,34,36). The number of hydrogen-bond acceptors (Lipinski definition) is 6. The van der Waals surface area contributed by atoms with E-state index in [-0.39, 0.29) is 24.8 Å². The van der Waals surface area contributed by atoms with Crippen LogP contribution in [0, 0.1) is 10.6 Å². The molecular formula is C29H28FN5O3S. The molecule has 0 saturated heterocycles. The smallest absolute Gasteiger partial charge is 0.243 e. The summed E-state index contributed by atoms with van der Waals surface area (Å²) in [5, 5.41) is 3.53. The van der Waals surface area contributed by atoms with Crippen molar-refractivity contribution in [3.05, 3.63) is 90.8 Å². The van der Waals surface area contributed by atoms with Crippen LogP contribution in [-0.4, -0.2) is 29.4 Å². The molecule has 0 aliphatic heterocycles. The topological polar surface area (TPSA) is 114 Å². The Morgan fingerprint density at radius 3 is 2.44 bits per heavy atom. The Kier molecular flexibility index (Phi) is 6.82. The van der Waals surface area contributed by atoms with Crippen molar-refractivity contribution in [2.75, 3.05) is 0 Å². The van der Waals surface area contributed by atoms with E-state index in [1.54, 1.807) is 55.8 Å². The Labute approximate surface area is 225 Å². The third-order valence-corrected chi connectivity index (χ3v) is 9.15. The van der Waals surface area contributed by atoms with Crippen LogP contribution in [-0.2, 0) is 27.6 Å². The van der Waals surface area contributed by atoms with Crippen LogP contribution in [0.25, 0.3) is 33.6 Å². The van der Waals surface area contributed by atoms with Crippen LogP contribution in [0.15, 0.2) is 88.6 Å². The zero-order valence-electron chi connectivity index (χ0n) is 21.8. The Balaban J connectivity index is 1.27. The maximum atomic E-state index is 13.8. The number of halogens is 1. The van der Waals surface area contributed by atoms with Gasteiger partial charge in [0, 0.05) is 32.3 Å². The number of fused-ring (bicyclic) bond motifs is 1. The summed E-state index contributed by atoms with van der Waals surface area (Å²) in [4.78, 5) is 22.0. The molecule has 1 amide bonds. The molecule has 2 N–H and O–H groups in total. The van der Waals surface area contributed by atoms with Crippen molar-refractivity contribution >= 4 is 26.5 Å². The van der Waals surface area contributed by atoms with E-state index in [1.807, 2.05) is 24.3 Å². The summed E-state index contributed by atoms with van der Waals surface area (Å²) >= 11 is 0. The highest BCUT2D eigenvalue weighted by molar-refractivity contribution is 7.93. The molecule has 2 aromatic carbocycles. The maximum Gasteiger partial charge on any atom is 0.243 e. The largest absolute Gasteiger partial charge is 0.443 e. The van der Waals surface area contributed by atoms with Crippen molar-refractivity contribution in [3.63, 3.8) is 0 Å². The summed E-state index contributed by atoms with van der Waals surface area (Å²) < 4.78 is 41.5. The van der Waals surface area contributed by atoms with Crippen LogP contribution in [0.4, 0.5) is 4.39 Å². The zero-order valence-corrected chi connectivity index (χ0v) is 22.6. The van der Waals surface area contributed by atoms with Gasteiger partial charge in [-0.25, -0.2) is 18.4 Å². The zero-order chi connectivity index (χ0) is 27.8. The average molecular weight is 546 g/mol. The Hall–Kier alpha value is -4.31. The van der Waals surface area contributed by atoms with E-state index in [0.29, 0.717) is 33.1 Å². The van der Waals surface area contributed by atoms with Gasteiger partial charge in [-0.2, -0.15) is 0 Å². The lowest BCUT2D eigenvalue weighted by molar-refractivity contribution is -0.121. The van der Waals surface area contributed by atoms with Gasteiger partial charge in [0.25, 0.3) is 0 Å². The van der Waals surface area contributed by atoms with E-state index >= 15 is 0 Å². The van der Waals surface area contributed by atoms with Gasteiger partial charge in [0.2, 0.25) is 11.8 Å². The highest BCUT2D eigenvalue weighted by Gasteiger charge is 2.26. The minimum Gasteiger partial charge on any atom is -0.443 e. The van der Waals surface area contributed by atoms with E-state index in [1.165, 1.54) is 24.6 Å². The molecule has 0 aliphatic rings. The third-order valence-electron chi connectivity index (χ3n) is 6.49. The molecule has 0 bridgehead atoms. The molecule has 3 aromatic heterocycles. The van der Waals surface area contributed by atoms with Crippen LogP contribution < -0.4 is 5.32 Å². The second kappa shape index (κ2) is 10.1. The summed E-state index contributed by atoms with van der Waals surface area (Å²) in [6.45, 7) is 5.62. The number of nitrogens with one attached hydrogen (secondary N) is 2. The maximum absolute atomic E-state index is 13.8. The van der Waals surface area contributed by atoms with Gasteiger partial charge in [-0.15, -0.1) is 0 Å². The van der Waals surface area contributed by atoms with Crippen LogP contribution in [0.2, 0.25) is 0 Å². The summed E-state index contributed by atoms with van der Waals surface area (Å²) in [5.74, 6) is -0.272. The molecule has 0 radical (unpaired) electrons. The SMILES string of the molecule is CC(C)(C)S(=N)(=O)c1ccc(-c2ccc(CNC(=O)Cn3c(-c4ncco4)cc4cc(F)ccc43)nc2)cc1. The van der Waals surface area contributed by atoms with E-state index in [0.717, 1.165) is 11.1 Å². The van der Waals surface area contributed by atoms with Gasteiger partial charge in [0.15, 0.2) is 0 Å². The third kappa shape index (κ3) is 5.33. The van der Waals surface area contributed by atoms with Crippen LogP contribution in [0.5, 0.6) is 0 Å². The first-order valence-electron chi connectivity index (χ1n) is 12.3. The summed E-state index contributed by atoms with van der Waals surface area (Å²) in [5.41, 5.74) is 3.70. The number of pyridine rings is 1. The van der Waals surface area contributed by atoms with Gasteiger partial charge < -0.3 is 14.3 Å². The van der Waals surface area contributed by atoms with Crippen LogP contribution in [0.3, 0.4) is 0 Å². The average Bonchev–Trinajstić information content (AvgIpc) is 3.55. The van der Waals surface area contributed by atoms with Crippen molar-refractivity contribution in [2.24, 2.45) is 0 Å². The van der Waals surface area contributed by atoms with E-state index < -0.39 is 14.5 Å². The van der Waals surface area contributed by atoms with E-state index in [2.05, 4.69) is 15.3 Å². The van der Waals surface area contributed by atoms with Gasteiger partial charge in [0.05, 0.1) is 28.2 Å². The van der Waals surface area contributed by atoms with Crippen LogP contribution in [0.1, 0.15) is 26.5 Å². The fourth-order valence-electron chi connectivity index (χ4n) is 4.22. The highest BCUT2D eigenvalue weighted by Crippen LogP contribution is 2.29. The molecule has 0 saturated carbocycles. The van der Waals surface area contributed by atoms with E-state index in [9.17, 15) is 13.4 Å². The summed E-state index contributed by atoms with van der Waals surface area (Å²) in [6.07, 6.45) is 4.68. The molecule has 5 rings (SSSR count). The molecule has 0 aliphatic carbocycles. The number of rotatable bonds is 7. The number of oxazole rings is 1. The highest BCUT2D eigenvalue weighted by atomic mass is 32.2. The van der Waals surface area contributed by atoms with Crippen molar-refractivity contribution in [1.82, 2.24) is 19.9 Å². The van der Waals surface area contributed by atoms with Crippen LogP contribution >= 0.6 is 0 Å². The summed E-state index contributed by atoms with van der Waals surface area (Å²) in [6, 6.07) is 17.0. The molecule has 0 spiro atoms. The monoisotopic (exact) mass is 545 g/mol. The Morgan fingerprint density at radius 2 is 1.79 bits per heavy atom. The van der Waals surface area contributed by atoms with Gasteiger partial charge in [-0.05, 0) is 68.8 Å². The second-order valence-corrected chi connectivity index (χ2v) is 13.0. The molecule has 39 heavy (non-hydrogen) atoms. The molecular weight excluding hydrogens is 517 g/mol. The number of amides is 1. The van der Waals surface area contributed by atoms with Crippen molar-refractivity contribution in [1.29, 1.82) is 4.78 Å². The molecule has 200 valence electrons. The molecule has 3 heterocycles. The Morgan fingerprint density at radius 1 is 1.05 bits per heavy atom. The number of carbonyl (C=O) groups is 1. The lowest BCUT2D eigenvalue weighted by Gasteiger charge is -2.22. The van der Waals surface area contributed by atoms with Gasteiger partial charge in [0.1, 0.15) is 24.3 Å². The predicted octanol–water partition coefficient (Wildman–Crippen LogP) is 6.02. The number of carbonyl (C=O) groups excluding carboxylic acids is 1. The lowest BCUT2D eigenvalue weighted by Crippen LogP contribution is -2.27. The molecule has 1 unspecified atom stereocenters. The number of benzene rings is 2. The normalized spacial score (nSPS) is 13.3. The molecule has 1 atom stereocenters. The van der Waals surface area contributed by atoms with Gasteiger partial charge in [-0.3, -0.25) is 9.78 Å². The van der Waals surface area contributed by atoms with Crippen molar-refractivity contribution < 1.29 is 17.8 Å². The first kappa shape index (κ1) is 26.3. The van der Waals surface area contributed by atoms with Gasteiger partial charge >= 0.3 is 0 Å². The minimum absolute atomic E-state index is 0.00889. The minimum atomic E-state index is -2.93. The molecule has 10 heteroatoms.